The lowest BCUT2D eigenvalue weighted by molar-refractivity contribution is -0.0367. The van der Waals surface area contributed by atoms with Gasteiger partial charge in [-0.3, -0.25) is 9.78 Å². The Balaban J connectivity index is 1.34. The van der Waals surface area contributed by atoms with E-state index in [1.807, 2.05) is 54.1 Å². The fraction of sp³-hybridized carbons (Fsp3) is 0.395. The van der Waals surface area contributed by atoms with E-state index in [1.165, 1.54) is 5.56 Å². The van der Waals surface area contributed by atoms with E-state index in [0.717, 1.165) is 59.5 Å². The van der Waals surface area contributed by atoms with E-state index in [0.29, 0.717) is 17.9 Å². The van der Waals surface area contributed by atoms with Crippen molar-refractivity contribution in [3.63, 3.8) is 0 Å². The molecule has 5 rings (SSSR count). The monoisotopic (exact) mass is 649 g/mol. The van der Waals surface area contributed by atoms with Crippen molar-refractivity contribution in [1.29, 1.82) is 0 Å². The van der Waals surface area contributed by atoms with Crippen LogP contribution >= 0.6 is 0 Å². The van der Waals surface area contributed by atoms with Gasteiger partial charge in [0, 0.05) is 23.4 Å². The quantitative estimate of drug-likeness (QED) is 0.140. The lowest BCUT2D eigenvalue weighted by Crippen LogP contribution is -2.40. The molecule has 0 saturated carbocycles. The summed E-state index contributed by atoms with van der Waals surface area (Å²) in [5.41, 5.74) is 6.98. The zero-order valence-corrected chi connectivity index (χ0v) is 29.7. The number of ether oxygens (including phenoxy) is 1. The third kappa shape index (κ3) is 8.57. The van der Waals surface area contributed by atoms with Crippen LogP contribution in [0.25, 0.3) is 23.1 Å². The third-order valence-electron chi connectivity index (χ3n) is 8.92. The van der Waals surface area contributed by atoms with Crippen molar-refractivity contribution in [1.82, 2.24) is 20.1 Å². The number of aryl methyl sites for hydroxylation is 2. The van der Waals surface area contributed by atoms with Crippen molar-refractivity contribution in [3.8, 4) is 11.8 Å². The first-order chi connectivity index (χ1) is 22.4. The van der Waals surface area contributed by atoms with Crippen molar-refractivity contribution < 1.29 is 14.0 Å². The van der Waals surface area contributed by atoms with Crippen LogP contribution in [-0.2, 0) is 9.16 Å². The summed E-state index contributed by atoms with van der Waals surface area (Å²) in [6.45, 7) is 16.4. The van der Waals surface area contributed by atoms with Crippen LogP contribution in [0.1, 0.15) is 79.3 Å². The molecule has 2 aromatic carbocycles. The van der Waals surface area contributed by atoms with Crippen LogP contribution in [0.15, 0.2) is 54.6 Å². The van der Waals surface area contributed by atoms with Gasteiger partial charge in [0.25, 0.3) is 5.91 Å². The number of carbonyl (C=O) groups is 1. The average Bonchev–Trinajstić information content (AvgIpc) is 3.39. The molecule has 8 nitrogen and oxygen atoms in total. The van der Waals surface area contributed by atoms with Gasteiger partial charge in [-0.2, -0.15) is 5.10 Å². The van der Waals surface area contributed by atoms with E-state index in [4.69, 9.17) is 14.3 Å². The predicted octanol–water partition coefficient (Wildman–Crippen LogP) is 8.42. The highest BCUT2D eigenvalue weighted by Crippen LogP contribution is 2.36. The fourth-order valence-electron chi connectivity index (χ4n) is 5.33. The Bertz CT molecular complexity index is 1800. The van der Waals surface area contributed by atoms with Crippen LogP contribution < -0.4 is 10.6 Å². The van der Waals surface area contributed by atoms with Gasteiger partial charge in [-0.25, -0.2) is 4.68 Å². The first kappa shape index (κ1) is 34.1. The Morgan fingerprint density at radius 2 is 1.89 bits per heavy atom. The molecule has 1 fully saturated rings. The number of rotatable bonds is 9. The van der Waals surface area contributed by atoms with Crippen molar-refractivity contribution in [2.45, 2.75) is 78.2 Å². The second kappa shape index (κ2) is 14.7. The smallest absolute Gasteiger partial charge is 0.254 e. The normalized spacial score (nSPS) is 15.4. The van der Waals surface area contributed by atoms with E-state index in [1.54, 1.807) is 0 Å². The zero-order chi connectivity index (χ0) is 33.6. The van der Waals surface area contributed by atoms with Crippen LogP contribution in [0.5, 0.6) is 0 Å². The lowest BCUT2D eigenvalue weighted by Gasteiger charge is -2.35. The van der Waals surface area contributed by atoms with E-state index in [-0.39, 0.29) is 23.7 Å². The molecule has 246 valence electrons. The minimum absolute atomic E-state index is 0.130. The summed E-state index contributed by atoms with van der Waals surface area (Å²) in [5, 5.41) is 12.6. The molecule has 9 heteroatoms. The predicted molar refractivity (Wildman–Crippen MR) is 194 cm³/mol. The molecule has 1 atom stereocenters. The van der Waals surface area contributed by atoms with E-state index < -0.39 is 8.32 Å². The van der Waals surface area contributed by atoms with Crippen LogP contribution in [0, 0.1) is 25.7 Å². The number of pyridine rings is 1. The molecule has 2 N–H and O–H groups in total. The van der Waals surface area contributed by atoms with Gasteiger partial charge in [-0.15, -0.1) is 0 Å². The molecular weight excluding hydrogens is 603 g/mol. The van der Waals surface area contributed by atoms with Gasteiger partial charge >= 0.3 is 0 Å². The number of benzene rings is 2. The number of hydrogen-bond donors (Lipinski definition) is 2. The summed E-state index contributed by atoms with van der Waals surface area (Å²) >= 11 is 0. The van der Waals surface area contributed by atoms with E-state index in [9.17, 15) is 4.79 Å². The second-order valence-electron chi connectivity index (χ2n) is 13.7. The molecule has 1 unspecified atom stereocenters. The summed E-state index contributed by atoms with van der Waals surface area (Å²) in [7, 11) is -1.85. The topological polar surface area (TPSA) is 90.3 Å². The highest BCUT2D eigenvalue weighted by Gasteiger charge is 2.36. The van der Waals surface area contributed by atoms with E-state index in [2.05, 4.69) is 92.5 Å². The van der Waals surface area contributed by atoms with Gasteiger partial charge in [0.2, 0.25) is 0 Å². The van der Waals surface area contributed by atoms with Gasteiger partial charge in [-0.05, 0) is 111 Å². The Morgan fingerprint density at radius 3 is 2.64 bits per heavy atom. The molecule has 3 heterocycles. The summed E-state index contributed by atoms with van der Waals surface area (Å²) in [6.07, 6.45) is 6.97. The van der Waals surface area contributed by atoms with Crippen LogP contribution in [0.2, 0.25) is 18.1 Å². The third-order valence-corrected chi connectivity index (χ3v) is 13.4. The first-order valence-corrected chi connectivity index (χ1v) is 19.3. The molecule has 1 amide bonds. The number of nitrogens with one attached hydrogen (secondary N) is 2. The first-order valence-electron chi connectivity index (χ1n) is 16.4. The maximum atomic E-state index is 13.2. The van der Waals surface area contributed by atoms with Crippen LogP contribution in [0.3, 0.4) is 0 Å². The second-order valence-corrected chi connectivity index (χ2v) is 18.5. The number of fused-ring (bicyclic) bond motifs is 1. The van der Waals surface area contributed by atoms with E-state index >= 15 is 0 Å². The molecule has 0 spiro atoms. The molecular formula is C38H47N5O3Si. The Labute approximate surface area is 280 Å². The van der Waals surface area contributed by atoms with Gasteiger partial charge in [-0.1, -0.05) is 44.7 Å². The van der Waals surface area contributed by atoms with Crippen LogP contribution in [-0.4, -0.2) is 48.7 Å². The minimum atomic E-state index is -1.85. The molecule has 47 heavy (non-hydrogen) atoms. The Kier molecular flexibility index (Phi) is 10.7. The molecule has 0 aliphatic carbocycles. The molecule has 1 saturated heterocycles. The molecule has 0 radical (unpaired) electrons. The maximum Gasteiger partial charge on any atom is 0.254 e. The fourth-order valence-corrected chi connectivity index (χ4v) is 6.20. The number of carbonyl (C=O) groups excluding carboxylic acids is 1. The molecule has 0 bridgehead atoms. The largest absolute Gasteiger partial charge is 0.406 e. The molecule has 2 aromatic heterocycles. The summed E-state index contributed by atoms with van der Waals surface area (Å²) in [4.78, 5) is 17.9. The summed E-state index contributed by atoms with van der Waals surface area (Å²) in [5.74, 6) is 5.89. The molecule has 4 aromatic rings. The van der Waals surface area contributed by atoms with Gasteiger partial charge in [0.05, 0.1) is 41.3 Å². The number of amides is 1. The number of anilines is 2. The maximum absolute atomic E-state index is 13.2. The highest BCUT2D eigenvalue weighted by atomic mass is 28.4. The van der Waals surface area contributed by atoms with Crippen molar-refractivity contribution in [3.05, 3.63) is 82.8 Å². The molecule has 1 aliphatic heterocycles. The standard InChI is InChI=1S/C38H47N5O3Si/c1-27-24-28(2)40-29(25-27)18-20-34-31-19-17-30(26-35(31)43(42-34)36-16-10-12-22-45-36)41-33-15-9-8-14-32(33)37(44)39-21-11-13-23-46-47(6,7)38(3,4)5/h8-9,14-15,17-20,24-26,36,41H,10,12,16,21-23H2,1-7H3,(H,39,44)/b20-18+. The number of nitrogens with zero attached hydrogens (tertiary/aromatic N) is 3. The lowest BCUT2D eigenvalue weighted by atomic mass is 10.1. The minimum Gasteiger partial charge on any atom is -0.406 e. The zero-order valence-electron chi connectivity index (χ0n) is 28.7. The average molecular weight is 650 g/mol. The number of hydrogen-bond acceptors (Lipinski definition) is 6. The van der Waals surface area contributed by atoms with Gasteiger partial charge in [0.1, 0.15) is 0 Å². The Morgan fingerprint density at radius 1 is 1.09 bits per heavy atom. The van der Waals surface area contributed by atoms with Crippen LogP contribution in [0.4, 0.5) is 11.4 Å². The van der Waals surface area contributed by atoms with Crippen molar-refractivity contribution >= 4 is 48.7 Å². The summed E-state index contributed by atoms with van der Waals surface area (Å²) < 4.78 is 14.3. The summed E-state index contributed by atoms with van der Waals surface area (Å²) in [6, 6.07) is 17.8. The molecule has 1 aliphatic rings. The van der Waals surface area contributed by atoms with Gasteiger partial charge < -0.3 is 19.8 Å². The highest BCUT2D eigenvalue weighted by molar-refractivity contribution is 6.74. The Hall–Kier alpha value is -4.23. The number of para-hydroxylation sites is 1. The van der Waals surface area contributed by atoms with Gasteiger partial charge in [0.15, 0.2) is 14.5 Å². The van der Waals surface area contributed by atoms with Crippen molar-refractivity contribution in [2.24, 2.45) is 0 Å². The number of aromatic nitrogens is 3. The van der Waals surface area contributed by atoms with Crippen molar-refractivity contribution in [2.75, 3.05) is 25.1 Å². The SMILES string of the molecule is Cc1cc(C)nc(/C=C/c2nn(C3CCCCO3)c3cc(Nc4ccccc4C(=O)NCC#CCO[Si](C)(C)C(C)(C)C)ccc23)c1.